The van der Waals surface area contributed by atoms with Crippen molar-refractivity contribution in [3.8, 4) is 0 Å². The summed E-state index contributed by atoms with van der Waals surface area (Å²) in [6.07, 6.45) is 0. The van der Waals surface area contributed by atoms with Crippen LogP contribution in [-0.2, 0) is 22.6 Å². The average molecular weight is 248 g/mol. The van der Waals surface area contributed by atoms with Gasteiger partial charge in [-0.2, -0.15) is 10.1 Å². The lowest BCUT2D eigenvalue weighted by molar-refractivity contribution is -0.145. The van der Waals surface area contributed by atoms with Crippen molar-refractivity contribution >= 4 is 24.3 Å². The second-order valence-electron chi connectivity index (χ2n) is 3.34. The molecular weight excluding hydrogens is 234 g/mol. The third-order valence-electron chi connectivity index (χ3n) is 2.33. The summed E-state index contributed by atoms with van der Waals surface area (Å²) in [6, 6.07) is 0. The Bertz CT molecular complexity index is 381. The van der Waals surface area contributed by atoms with Gasteiger partial charge in [-0.25, -0.2) is 4.68 Å². The Kier molecular flexibility index (Phi) is 4.08. The van der Waals surface area contributed by atoms with Crippen LogP contribution in [0.25, 0.3) is 0 Å². The van der Waals surface area contributed by atoms with E-state index in [0.29, 0.717) is 31.4 Å². The predicted octanol–water partition coefficient (Wildman–Crippen LogP) is -0.627. The van der Waals surface area contributed by atoms with Crippen LogP contribution >= 0.6 is 12.4 Å². The Morgan fingerprint density at radius 1 is 1.75 bits per heavy atom. The molecule has 0 bridgehead atoms. The first kappa shape index (κ1) is 12.7. The molecule has 0 aliphatic carbocycles. The fraction of sp³-hybridized carbons (Fsp3) is 0.625. The number of nitrogens with one attached hydrogen (secondary N) is 1. The monoisotopic (exact) mass is 247 g/mol. The summed E-state index contributed by atoms with van der Waals surface area (Å²) < 4.78 is 6.32. The van der Waals surface area contributed by atoms with Gasteiger partial charge in [0.1, 0.15) is 0 Å². The second kappa shape index (κ2) is 5.13. The van der Waals surface area contributed by atoms with Crippen LogP contribution in [0.1, 0.15) is 5.82 Å². The van der Waals surface area contributed by atoms with Crippen LogP contribution in [0, 0.1) is 5.92 Å². The third-order valence-corrected chi connectivity index (χ3v) is 2.33. The highest BCUT2D eigenvalue weighted by atomic mass is 35.5. The zero-order valence-corrected chi connectivity index (χ0v) is 9.66. The zero-order chi connectivity index (χ0) is 10.8. The van der Waals surface area contributed by atoms with Gasteiger partial charge in [-0.1, -0.05) is 0 Å². The van der Waals surface area contributed by atoms with Crippen LogP contribution in [0.15, 0.2) is 0 Å². The van der Waals surface area contributed by atoms with E-state index in [-0.39, 0.29) is 24.3 Å². The Labute approximate surface area is 98.8 Å². The minimum Gasteiger partial charge on any atom is -0.469 e. The normalized spacial score (nSPS) is 18.0. The first-order chi connectivity index (χ1) is 7.24. The number of anilines is 1. The molecule has 8 heteroatoms. The van der Waals surface area contributed by atoms with Gasteiger partial charge in [0, 0.05) is 6.54 Å². The standard InChI is InChI=1S/C8H13N5O2.ClH/c1-15-7(14)5-3-10-8-11-6(2-9)12-13(8)4-5;/h5H,2-4,9H2,1H3,(H,10,11,12);1H. The number of hydrogen-bond acceptors (Lipinski definition) is 6. The fourth-order valence-corrected chi connectivity index (χ4v) is 1.55. The molecule has 1 aliphatic rings. The third kappa shape index (κ3) is 2.25. The first-order valence-corrected chi connectivity index (χ1v) is 4.70. The molecule has 0 saturated carbocycles. The second-order valence-corrected chi connectivity index (χ2v) is 3.34. The van der Waals surface area contributed by atoms with Crippen molar-refractivity contribution in [3.05, 3.63) is 5.82 Å². The van der Waals surface area contributed by atoms with Crippen molar-refractivity contribution in [3.63, 3.8) is 0 Å². The minimum absolute atomic E-state index is 0. The lowest BCUT2D eigenvalue weighted by Crippen LogP contribution is -2.34. The molecule has 2 heterocycles. The number of nitrogens with zero attached hydrogens (tertiary/aromatic N) is 3. The van der Waals surface area contributed by atoms with Crippen LogP contribution in [-0.4, -0.2) is 34.4 Å². The SMILES string of the molecule is COC(=O)C1CNc2nc(CN)nn2C1.Cl. The van der Waals surface area contributed by atoms with Gasteiger partial charge in [-0.15, -0.1) is 12.4 Å². The minimum atomic E-state index is -0.238. The van der Waals surface area contributed by atoms with Gasteiger partial charge in [-0.3, -0.25) is 4.79 Å². The Morgan fingerprint density at radius 2 is 2.50 bits per heavy atom. The quantitative estimate of drug-likeness (QED) is 0.676. The lowest BCUT2D eigenvalue weighted by atomic mass is 10.1. The summed E-state index contributed by atoms with van der Waals surface area (Å²) in [5, 5.41) is 7.16. The van der Waals surface area contributed by atoms with Gasteiger partial charge in [0.2, 0.25) is 5.95 Å². The molecule has 16 heavy (non-hydrogen) atoms. The van der Waals surface area contributed by atoms with Crippen molar-refractivity contribution in [2.75, 3.05) is 19.0 Å². The number of methoxy groups -OCH3 is 1. The van der Waals surface area contributed by atoms with Crippen molar-refractivity contribution < 1.29 is 9.53 Å². The van der Waals surface area contributed by atoms with E-state index in [2.05, 4.69) is 20.1 Å². The van der Waals surface area contributed by atoms with Crippen LogP contribution in [0.4, 0.5) is 5.95 Å². The van der Waals surface area contributed by atoms with E-state index < -0.39 is 0 Å². The Hall–Kier alpha value is -1.34. The molecule has 1 aliphatic heterocycles. The molecule has 0 radical (unpaired) electrons. The van der Waals surface area contributed by atoms with Crippen LogP contribution < -0.4 is 11.1 Å². The molecule has 1 aromatic heterocycles. The maximum Gasteiger partial charge on any atom is 0.312 e. The first-order valence-electron chi connectivity index (χ1n) is 4.70. The summed E-state index contributed by atoms with van der Waals surface area (Å²) in [6.45, 7) is 1.31. The van der Waals surface area contributed by atoms with Crippen LogP contribution in [0.2, 0.25) is 0 Å². The summed E-state index contributed by atoms with van der Waals surface area (Å²) >= 11 is 0. The molecule has 1 atom stereocenters. The molecule has 0 amide bonds. The van der Waals surface area contributed by atoms with Crippen molar-refractivity contribution in [1.29, 1.82) is 0 Å². The molecular formula is C8H14ClN5O2. The fourth-order valence-electron chi connectivity index (χ4n) is 1.55. The van der Waals surface area contributed by atoms with E-state index in [0.717, 1.165) is 0 Å². The van der Waals surface area contributed by atoms with E-state index in [4.69, 9.17) is 5.73 Å². The molecule has 7 nitrogen and oxygen atoms in total. The maximum absolute atomic E-state index is 11.3. The van der Waals surface area contributed by atoms with Gasteiger partial charge in [0.05, 0.1) is 26.1 Å². The molecule has 0 fully saturated rings. The highest BCUT2D eigenvalue weighted by Gasteiger charge is 2.26. The van der Waals surface area contributed by atoms with Crippen molar-refractivity contribution in [2.24, 2.45) is 11.7 Å². The number of nitrogens with two attached hydrogens (primary N) is 1. The summed E-state index contributed by atoms with van der Waals surface area (Å²) in [4.78, 5) is 15.5. The number of rotatable bonds is 2. The highest BCUT2D eigenvalue weighted by molar-refractivity contribution is 5.85. The number of halogens is 1. The van der Waals surface area contributed by atoms with Gasteiger partial charge >= 0.3 is 5.97 Å². The van der Waals surface area contributed by atoms with Gasteiger partial charge in [0.25, 0.3) is 0 Å². The van der Waals surface area contributed by atoms with Gasteiger partial charge in [-0.05, 0) is 0 Å². The van der Waals surface area contributed by atoms with Crippen molar-refractivity contribution in [2.45, 2.75) is 13.1 Å². The number of aromatic nitrogens is 3. The van der Waals surface area contributed by atoms with Gasteiger partial charge in [0.15, 0.2) is 5.82 Å². The number of fused-ring (bicyclic) bond motifs is 1. The number of hydrogen-bond donors (Lipinski definition) is 2. The molecule has 0 saturated heterocycles. The van der Waals surface area contributed by atoms with E-state index in [9.17, 15) is 4.79 Å². The highest BCUT2D eigenvalue weighted by Crippen LogP contribution is 2.16. The number of carbonyl (C=O) groups is 1. The number of esters is 1. The molecule has 90 valence electrons. The molecule has 1 unspecified atom stereocenters. The van der Waals surface area contributed by atoms with E-state index in [1.54, 1.807) is 4.68 Å². The van der Waals surface area contributed by atoms with E-state index in [1.165, 1.54) is 7.11 Å². The summed E-state index contributed by atoms with van der Waals surface area (Å²) in [7, 11) is 1.38. The van der Waals surface area contributed by atoms with E-state index >= 15 is 0 Å². The van der Waals surface area contributed by atoms with Gasteiger partial charge < -0.3 is 15.8 Å². The van der Waals surface area contributed by atoms with Crippen LogP contribution in [0.3, 0.4) is 0 Å². The molecule has 1 aromatic rings. The summed E-state index contributed by atoms with van der Waals surface area (Å²) in [5.41, 5.74) is 5.42. The molecule has 0 spiro atoms. The predicted molar refractivity (Wildman–Crippen MR) is 59.2 cm³/mol. The largest absolute Gasteiger partial charge is 0.469 e. The number of carbonyl (C=O) groups excluding carboxylic acids is 1. The summed E-state index contributed by atoms with van der Waals surface area (Å²) in [5.74, 6) is 0.784. The van der Waals surface area contributed by atoms with Crippen molar-refractivity contribution in [1.82, 2.24) is 14.8 Å². The lowest BCUT2D eigenvalue weighted by Gasteiger charge is -2.21. The maximum atomic E-state index is 11.3. The molecule has 2 rings (SSSR count). The molecule has 0 aromatic carbocycles. The Balaban J connectivity index is 0.00000128. The van der Waals surface area contributed by atoms with Crippen LogP contribution in [0.5, 0.6) is 0 Å². The smallest absolute Gasteiger partial charge is 0.312 e. The zero-order valence-electron chi connectivity index (χ0n) is 8.84. The Morgan fingerprint density at radius 3 is 3.12 bits per heavy atom. The molecule has 3 N–H and O–H groups in total. The van der Waals surface area contributed by atoms with E-state index in [1.807, 2.05) is 0 Å². The number of ether oxygens (including phenoxy) is 1. The average Bonchev–Trinajstić information content (AvgIpc) is 2.69. The topological polar surface area (TPSA) is 95.1 Å².